The van der Waals surface area contributed by atoms with Crippen LogP contribution in [0.15, 0.2) is 42.5 Å². The largest absolute Gasteiger partial charge is 0.352 e. The highest BCUT2D eigenvalue weighted by Gasteiger charge is 2.26. The zero-order chi connectivity index (χ0) is 22.3. The van der Waals surface area contributed by atoms with Crippen LogP contribution >= 0.6 is 11.8 Å². The van der Waals surface area contributed by atoms with Crippen LogP contribution in [-0.4, -0.2) is 34.6 Å². The van der Waals surface area contributed by atoms with Crippen LogP contribution in [0, 0.1) is 19.7 Å². The lowest BCUT2D eigenvalue weighted by atomic mass is 10.1. The molecule has 162 valence electrons. The first-order valence-electron chi connectivity index (χ1n) is 10.1. The molecule has 1 N–H and O–H groups in total. The summed E-state index contributed by atoms with van der Waals surface area (Å²) in [6.07, 6.45) is 0. The van der Waals surface area contributed by atoms with Gasteiger partial charge in [0.1, 0.15) is 11.9 Å². The van der Waals surface area contributed by atoms with Crippen molar-refractivity contribution in [3.05, 3.63) is 70.5 Å². The maximum atomic E-state index is 13.2. The summed E-state index contributed by atoms with van der Waals surface area (Å²) in [6, 6.07) is 11.8. The van der Waals surface area contributed by atoms with Gasteiger partial charge in [-0.2, -0.15) is 0 Å². The summed E-state index contributed by atoms with van der Waals surface area (Å²) in [6.45, 7) is 9.88. The number of rotatable bonds is 9. The van der Waals surface area contributed by atoms with E-state index >= 15 is 0 Å². The lowest BCUT2D eigenvalue weighted by Crippen LogP contribution is -2.49. The number of aryl methyl sites for hydroxylation is 2. The average Bonchev–Trinajstić information content (AvgIpc) is 2.65. The molecule has 0 saturated carbocycles. The van der Waals surface area contributed by atoms with E-state index in [4.69, 9.17) is 0 Å². The molecule has 0 heterocycles. The van der Waals surface area contributed by atoms with Crippen molar-refractivity contribution in [3.63, 3.8) is 0 Å². The van der Waals surface area contributed by atoms with E-state index in [1.807, 2.05) is 13.8 Å². The summed E-state index contributed by atoms with van der Waals surface area (Å²) in [5.74, 6) is 0.365. The average molecular weight is 431 g/mol. The number of hydrogen-bond donors (Lipinski definition) is 1. The number of thioether (sulfide) groups is 1. The van der Waals surface area contributed by atoms with E-state index in [-0.39, 0.29) is 36.0 Å². The van der Waals surface area contributed by atoms with Crippen molar-refractivity contribution in [2.45, 2.75) is 59.0 Å². The number of carbonyl (C=O) groups is 2. The number of hydrogen-bond acceptors (Lipinski definition) is 3. The van der Waals surface area contributed by atoms with Crippen LogP contribution in [0.2, 0.25) is 0 Å². The van der Waals surface area contributed by atoms with Gasteiger partial charge in [0.05, 0.1) is 5.75 Å². The number of halogens is 1. The SMILES string of the molecule is Cc1cc(C)cc(CSCC(=O)N(Cc2ccc(F)cc2)[C@H](C)C(=O)NC(C)C)c1. The molecule has 30 heavy (non-hydrogen) atoms. The first-order chi connectivity index (χ1) is 14.2. The Labute approximate surface area is 183 Å². The zero-order valence-electron chi connectivity index (χ0n) is 18.4. The van der Waals surface area contributed by atoms with E-state index in [0.29, 0.717) is 0 Å². The van der Waals surface area contributed by atoms with E-state index in [1.54, 1.807) is 24.0 Å². The summed E-state index contributed by atoms with van der Waals surface area (Å²) in [5.41, 5.74) is 4.37. The van der Waals surface area contributed by atoms with Gasteiger partial charge in [-0.15, -0.1) is 11.8 Å². The van der Waals surface area contributed by atoms with Crippen LogP contribution in [0.5, 0.6) is 0 Å². The van der Waals surface area contributed by atoms with Gasteiger partial charge in [0.2, 0.25) is 11.8 Å². The van der Waals surface area contributed by atoms with Crippen LogP contribution in [0.3, 0.4) is 0 Å². The molecular formula is C24H31FN2O2S. The predicted octanol–water partition coefficient (Wildman–Crippen LogP) is 4.62. The van der Waals surface area contributed by atoms with Gasteiger partial charge in [-0.25, -0.2) is 4.39 Å². The highest BCUT2D eigenvalue weighted by molar-refractivity contribution is 7.99. The molecule has 0 aliphatic rings. The molecule has 0 aliphatic carbocycles. The normalized spacial score (nSPS) is 12.0. The van der Waals surface area contributed by atoms with E-state index in [0.717, 1.165) is 11.3 Å². The quantitative estimate of drug-likeness (QED) is 0.632. The lowest BCUT2D eigenvalue weighted by molar-refractivity contribution is -0.138. The van der Waals surface area contributed by atoms with Crippen molar-refractivity contribution in [2.75, 3.05) is 5.75 Å². The Balaban J connectivity index is 2.08. The smallest absolute Gasteiger partial charge is 0.242 e. The number of carbonyl (C=O) groups excluding carboxylic acids is 2. The topological polar surface area (TPSA) is 49.4 Å². The monoisotopic (exact) mass is 430 g/mol. The van der Waals surface area contributed by atoms with E-state index in [1.165, 1.54) is 40.6 Å². The molecule has 2 aromatic carbocycles. The van der Waals surface area contributed by atoms with Gasteiger partial charge >= 0.3 is 0 Å². The van der Waals surface area contributed by atoms with Gasteiger partial charge in [0, 0.05) is 18.3 Å². The van der Waals surface area contributed by atoms with Gasteiger partial charge in [-0.05, 0) is 57.9 Å². The van der Waals surface area contributed by atoms with Crippen molar-refractivity contribution < 1.29 is 14.0 Å². The Kier molecular flexibility index (Phi) is 8.90. The second-order valence-electron chi connectivity index (χ2n) is 7.98. The molecule has 0 aromatic heterocycles. The molecule has 0 radical (unpaired) electrons. The van der Waals surface area contributed by atoms with Gasteiger partial charge in [0.15, 0.2) is 0 Å². The van der Waals surface area contributed by atoms with E-state index in [9.17, 15) is 14.0 Å². The molecule has 6 heteroatoms. The molecule has 1 atom stereocenters. The molecule has 0 unspecified atom stereocenters. The number of nitrogens with zero attached hydrogens (tertiary/aromatic N) is 1. The van der Waals surface area contributed by atoms with Crippen LogP contribution < -0.4 is 5.32 Å². The third-order valence-electron chi connectivity index (χ3n) is 4.64. The van der Waals surface area contributed by atoms with Crippen LogP contribution in [0.1, 0.15) is 43.0 Å². The molecule has 0 bridgehead atoms. The maximum Gasteiger partial charge on any atom is 0.242 e. The summed E-state index contributed by atoms with van der Waals surface area (Å²) in [7, 11) is 0. The molecule has 0 spiro atoms. The fourth-order valence-electron chi connectivity index (χ4n) is 3.27. The molecule has 0 saturated heterocycles. The predicted molar refractivity (Wildman–Crippen MR) is 122 cm³/mol. The van der Waals surface area contributed by atoms with E-state index in [2.05, 4.69) is 37.4 Å². The van der Waals surface area contributed by atoms with Crippen molar-refractivity contribution in [3.8, 4) is 0 Å². The fourth-order valence-corrected chi connectivity index (χ4v) is 4.11. The van der Waals surface area contributed by atoms with Crippen LogP contribution in [0.4, 0.5) is 4.39 Å². The zero-order valence-corrected chi connectivity index (χ0v) is 19.2. The summed E-state index contributed by atoms with van der Waals surface area (Å²) >= 11 is 1.53. The Morgan fingerprint density at radius 3 is 2.17 bits per heavy atom. The molecular weight excluding hydrogens is 399 g/mol. The Bertz CT molecular complexity index is 848. The van der Waals surface area contributed by atoms with Crippen molar-refractivity contribution >= 4 is 23.6 Å². The third kappa shape index (κ3) is 7.48. The molecule has 4 nitrogen and oxygen atoms in total. The van der Waals surface area contributed by atoms with Crippen molar-refractivity contribution in [1.29, 1.82) is 0 Å². The van der Waals surface area contributed by atoms with Gasteiger partial charge in [-0.1, -0.05) is 41.5 Å². The first-order valence-corrected chi connectivity index (χ1v) is 11.3. The molecule has 2 amide bonds. The maximum absolute atomic E-state index is 13.2. The van der Waals surface area contributed by atoms with Crippen molar-refractivity contribution in [2.24, 2.45) is 0 Å². The number of nitrogens with one attached hydrogen (secondary N) is 1. The Hall–Kier alpha value is -2.34. The summed E-state index contributed by atoms with van der Waals surface area (Å²) in [5, 5.41) is 2.87. The highest BCUT2D eigenvalue weighted by atomic mass is 32.2. The second-order valence-corrected chi connectivity index (χ2v) is 8.96. The van der Waals surface area contributed by atoms with Crippen LogP contribution in [-0.2, 0) is 21.9 Å². The summed E-state index contributed by atoms with van der Waals surface area (Å²) in [4.78, 5) is 27.1. The number of benzene rings is 2. The minimum atomic E-state index is -0.619. The first kappa shape index (κ1) is 23.9. The minimum absolute atomic E-state index is 0.0124. The Morgan fingerprint density at radius 2 is 1.60 bits per heavy atom. The van der Waals surface area contributed by atoms with Crippen LogP contribution in [0.25, 0.3) is 0 Å². The standard InChI is InChI=1S/C24H31FN2O2S/c1-16(2)26-24(29)19(5)27(13-20-6-8-22(25)9-7-20)23(28)15-30-14-21-11-17(3)10-18(4)12-21/h6-12,16,19H,13-15H2,1-5H3,(H,26,29)/t19-/m1/s1. The second kappa shape index (κ2) is 11.2. The van der Waals surface area contributed by atoms with E-state index < -0.39 is 6.04 Å². The molecule has 0 fully saturated rings. The van der Waals surface area contributed by atoms with Gasteiger partial charge < -0.3 is 10.2 Å². The third-order valence-corrected chi connectivity index (χ3v) is 5.63. The van der Waals surface area contributed by atoms with Gasteiger partial charge in [-0.3, -0.25) is 9.59 Å². The fraction of sp³-hybridized carbons (Fsp3) is 0.417. The lowest BCUT2D eigenvalue weighted by Gasteiger charge is -2.29. The Morgan fingerprint density at radius 1 is 1.00 bits per heavy atom. The molecule has 2 aromatic rings. The molecule has 2 rings (SSSR count). The van der Waals surface area contributed by atoms with Gasteiger partial charge in [0.25, 0.3) is 0 Å². The minimum Gasteiger partial charge on any atom is -0.352 e. The number of amides is 2. The highest BCUT2D eigenvalue weighted by Crippen LogP contribution is 2.18. The summed E-state index contributed by atoms with van der Waals surface area (Å²) < 4.78 is 13.2. The van der Waals surface area contributed by atoms with Crippen molar-refractivity contribution in [1.82, 2.24) is 10.2 Å². The molecule has 0 aliphatic heterocycles.